The van der Waals surface area contributed by atoms with Gasteiger partial charge in [-0.05, 0) is 35.2 Å². The van der Waals surface area contributed by atoms with Gasteiger partial charge in [-0.15, -0.1) is 11.8 Å². The molecule has 2 aromatic carbocycles. The van der Waals surface area contributed by atoms with Crippen molar-refractivity contribution in [1.82, 2.24) is 10.6 Å². The summed E-state index contributed by atoms with van der Waals surface area (Å²) < 4.78 is 0. The van der Waals surface area contributed by atoms with Crippen molar-refractivity contribution in [3.63, 3.8) is 0 Å². The SMILES string of the molecule is CC(C)(C)c1ccc(C(=O)NCC(=O)NCCSc2ccccc2)cc1. The number of rotatable bonds is 7. The maximum Gasteiger partial charge on any atom is 0.251 e. The van der Waals surface area contributed by atoms with Crippen LogP contribution in [0.4, 0.5) is 0 Å². The third kappa shape index (κ3) is 6.56. The molecular formula is C21H26N2O2S. The maximum atomic E-state index is 12.1. The topological polar surface area (TPSA) is 58.2 Å². The molecule has 0 aromatic heterocycles. The molecule has 0 radical (unpaired) electrons. The molecule has 2 aromatic rings. The van der Waals surface area contributed by atoms with E-state index < -0.39 is 0 Å². The van der Waals surface area contributed by atoms with E-state index in [-0.39, 0.29) is 23.8 Å². The van der Waals surface area contributed by atoms with Crippen LogP contribution in [0.5, 0.6) is 0 Å². The molecule has 4 nitrogen and oxygen atoms in total. The number of amides is 2. The standard InChI is InChI=1S/C21H26N2O2S/c1-21(2,3)17-11-9-16(10-12-17)20(25)23-15-19(24)22-13-14-26-18-7-5-4-6-8-18/h4-12H,13-15H2,1-3H3,(H,22,24)(H,23,25). The number of hydrogen-bond donors (Lipinski definition) is 2. The van der Waals surface area contributed by atoms with Gasteiger partial charge < -0.3 is 10.6 Å². The summed E-state index contributed by atoms with van der Waals surface area (Å²) >= 11 is 1.68. The molecule has 2 N–H and O–H groups in total. The predicted molar refractivity (Wildman–Crippen MR) is 108 cm³/mol. The second kappa shape index (κ2) is 9.43. The van der Waals surface area contributed by atoms with E-state index in [2.05, 4.69) is 31.4 Å². The molecule has 0 aliphatic carbocycles. The lowest BCUT2D eigenvalue weighted by atomic mass is 9.87. The first-order chi connectivity index (χ1) is 12.4. The first-order valence-electron chi connectivity index (χ1n) is 8.69. The van der Waals surface area contributed by atoms with E-state index >= 15 is 0 Å². The molecule has 0 saturated carbocycles. The van der Waals surface area contributed by atoms with Crippen LogP contribution in [-0.4, -0.2) is 30.7 Å². The lowest BCUT2D eigenvalue weighted by molar-refractivity contribution is -0.120. The Morgan fingerprint density at radius 3 is 2.19 bits per heavy atom. The highest BCUT2D eigenvalue weighted by Gasteiger charge is 2.14. The summed E-state index contributed by atoms with van der Waals surface area (Å²) in [6, 6.07) is 17.5. The number of nitrogens with one attached hydrogen (secondary N) is 2. The summed E-state index contributed by atoms with van der Waals surface area (Å²) in [5.74, 6) is 0.371. The monoisotopic (exact) mass is 370 g/mol. The summed E-state index contributed by atoms with van der Waals surface area (Å²) in [6.07, 6.45) is 0. The van der Waals surface area contributed by atoms with E-state index in [4.69, 9.17) is 0 Å². The molecule has 0 atom stereocenters. The van der Waals surface area contributed by atoms with E-state index in [1.807, 2.05) is 42.5 Å². The van der Waals surface area contributed by atoms with Gasteiger partial charge >= 0.3 is 0 Å². The van der Waals surface area contributed by atoms with Gasteiger partial charge in [0, 0.05) is 22.8 Å². The summed E-state index contributed by atoms with van der Waals surface area (Å²) in [4.78, 5) is 25.1. The van der Waals surface area contributed by atoms with E-state index in [1.165, 1.54) is 10.5 Å². The van der Waals surface area contributed by atoms with Crippen LogP contribution in [0.1, 0.15) is 36.7 Å². The van der Waals surface area contributed by atoms with Crippen molar-refractivity contribution < 1.29 is 9.59 Å². The van der Waals surface area contributed by atoms with Crippen LogP contribution in [0.2, 0.25) is 0 Å². The Morgan fingerprint density at radius 2 is 1.58 bits per heavy atom. The second-order valence-electron chi connectivity index (χ2n) is 7.02. The Labute approximate surface area is 159 Å². The number of hydrogen-bond acceptors (Lipinski definition) is 3. The summed E-state index contributed by atoms with van der Waals surface area (Å²) in [5.41, 5.74) is 1.78. The number of carbonyl (C=O) groups is 2. The normalized spacial score (nSPS) is 11.0. The molecule has 0 bridgehead atoms. The molecule has 0 fully saturated rings. The first-order valence-corrected chi connectivity index (χ1v) is 9.68. The van der Waals surface area contributed by atoms with Crippen LogP contribution in [0.15, 0.2) is 59.5 Å². The minimum absolute atomic E-state index is 0.0180. The molecule has 0 unspecified atom stereocenters. The molecule has 0 heterocycles. The van der Waals surface area contributed by atoms with Gasteiger partial charge in [-0.25, -0.2) is 0 Å². The highest BCUT2D eigenvalue weighted by Crippen LogP contribution is 2.22. The zero-order chi connectivity index (χ0) is 19.0. The summed E-state index contributed by atoms with van der Waals surface area (Å²) in [7, 11) is 0. The van der Waals surface area contributed by atoms with Gasteiger partial charge in [0.2, 0.25) is 5.91 Å². The maximum absolute atomic E-state index is 12.1. The van der Waals surface area contributed by atoms with Crippen molar-refractivity contribution in [2.75, 3.05) is 18.8 Å². The largest absolute Gasteiger partial charge is 0.354 e. The molecule has 2 amide bonds. The Hall–Kier alpha value is -2.27. The zero-order valence-electron chi connectivity index (χ0n) is 15.5. The third-order valence-electron chi connectivity index (χ3n) is 3.86. The predicted octanol–water partition coefficient (Wildman–Crippen LogP) is 3.62. The lowest BCUT2D eigenvalue weighted by Gasteiger charge is -2.19. The van der Waals surface area contributed by atoms with Crippen LogP contribution in [-0.2, 0) is 10.2 Å². The molecule has 26 heavy (non-hydrogen) atoms. The van der Waals surface area contributed by atoms with Crippen LogP contribution in [0, 0.1) is 0 Å². The van der Waals surface area contributed by atoms with E-state index in [0.717, 1.165) is 5.75 Å². The highest BCUT2D eigenvalue weighted by atomic mass is 32.2. The zero-order valence-corrected chi connectivity index (χ0v) is 16.4. The first kappa shape index (κ1) is 20.0. The fourth-order valence-electron chi connectivity index (χ4n) is 2.32. The van der Waals surface area contributed by atoms with Gasteiger partial charge in [-0.3, -0.25) is 9.59 Å². The van der Waals surface area contributed by atoms with Gasteiger partial charge in [0.15, 0.2) is 0 Å². The van der Waals surface area contributed by atoms with E-state index in [1.54, 1.807) is 23.9 Å². The van der Waals surface area contributed by atoms with Crippen LogP contribution in [0.3, 0.4) is 0 Å². The average Bonchev–Trinajstić information content (AvgIpc) is 2.63. The van der Waals surface area contributed by atoms with Crippen molar-refractivity contribution in [1.29, 1.82) is 0 Å². The molecule has 0 saturated heterocycles. The van der Waals surface area contributed by atoms with Gasteiger partial charge in [0.1, 0.15) is 0 Å². The lowest BCUT2D eigenvalue weighted by Crippen LogP contribution is -2.37. The average molecular weight is 371 g/mol. The molecule has 0 spiro atoms. The molecule has 0 aliphatic heterocycles. The fourth-order valence-corrected chi connectivity index (χ4v) is 3.11. The molecule has 2 rings (SSSR count). The van der Waals surface area contributed by atoms with Crippen molar-refractivity contribution >= 4 is 23.6 Å². The number of benzene rings is 2. The Bertz CT molecular complexity index is 722. The molecule has 5 heteroatoms. The highest BCUT2D eigenvalue weighted by molar-refractivity contribution is 7.99. The van der Waals surface area contributed by atoms with Crippen molar-refractivity contribution in [2.45, 2.75) is 31.1 Å². The summed E-state index contributed by atoms with van der Waals surface area (Å²) in [6.45, 7) is 6.93. The van der Waals surface area contributed by atoms with Gasteiger partial charge in [-0.1, -0.05) is 51.1 Å². The van der Waals surface area contributed by atoms with Gasteiger partial charge in [-0.2, -0.15) is 0 Å². The van der Waals surface area contributed by atoms with Gasteiger partial charge in [0.25, 0.3) is 5.91 Å². The second-order valence-corrected chi connectivity index (χ2v) is 8.19. The number of carbonyl (C=O) groups excluding carboxylic acids is 2. The van der Waals surface area contributed by atoms with Crippen molar-refractivity contribution in [2.24, 2.45) is 0 Å². The Morgan fingerprint density at radius 1 is 0.923 bits per heavy atom. The number of thioether (sulfide) groups is 1. The molecule has 138 valence electrons. The van der Waals surface area contributed by atoms with Crippen molar-refractivity contribution in [3.8, 4) is 0 Å². The van der Waals surface area contributed by atoms with Crippen LogP contribution >= 0.6 is 11.8 Å². The molecule has 0 aliphatic rings. The third-order valence-corrected chi connectivity index (χ3v) is 4.87. The molecular weight excluding hydrogens is 344 g/mol. The van der Waals surface area contributed by atoms with Crippen molar-refractivity contribution in [3.05, 3.63) is 65.7 Å². The van der Waals surface area contributed by atoms with E-state index in [0.29, 0.717) is 12.1 Å². The summed E-state index contributed by atoms with van der Waals surface area (Å²) in [5, 5.41) is 5.47. The van der Waals surface area contributed by atoms with Crippen LogP contribution < -0.4 is 10.6 Å². The van der Waals surface area contributed by atoms with E-state index in [9.17, 15) is 9.59 Å². The van der Waals surface area contributed by atoms with Gasteiger partial charge in [0.05, 0.1) is 6.54 Å². The quantitative estimate of drug-likeness (QED) is 0.578. The smallest absolute Gasteiger partial charge is 0.251 e. The fraction of sp³-hybridized carbons (Fsp3) is 0.333. The Balaban J connectivity index is 1.69. The minimum atomic E-state index is -0.237. The Kier molecular flexibility index (Phi) is 7.27. The van der Waals surface area contributed by atoms with Crippen LogP contribution in [0.25, 0.3) is 0 Å². The minimum Gasteiger partial charge on any atom is -0.354 e.